The third-order valence-electron chi connectivity index (χ3n) is 1.30. The molecule has 1 unspecified atom stereocenters. The molecule has 0 aromatic carbocycles. The molecule has 66 valence electrons. The van der Waals surface area contributed by atoms with Gasteiger partial charge in [0.2, 0.25) is 5.91 Å². The molecule has 0 radical (unpaired) electrons. The van der Waals surface area contributed by atoms with Gasteiger partial charge in [-0.1, -0.05) is 6.92 Å². The molecular formula is C7H16N2O2. The molecule has 0 aliphatic carbocycles. The Balaban J connectivity index is 3.29. The minimum Gasteiger partial charge on any atom is -0.390 e. The number of carbonyl (C=O) groups excluding carboxylic acids is 1. The Bertz CT molecular complexity index is 117. The first-order chi connectivity index (χ1) is 5.20. The van der Waals surface area contributed by atoms with Crippen LogP contribution in [0.1, 0.15) is 13.3 Å². The fourth-order valence-corrected chi connectivity index (χ4v) is 0.664. The molecule has 0 aromatic heterocycles. The van der Waals surface area contributed by atoms with E-state index in [0.717, 1.165) is 0 Å². The molecule has 0 saturated heterocycles. The molecule has 0 bridgehead atoms. The van der Waals surface area contributed by atoms with Crippen molar-refractivity contribution in [3.8, 4) is 0 Å². The van der Waals surface area contributed by atoms with E-state index < -0.39 is 6.10 Å². The number of rotatable bonds is 5. The smallest absolute Gasteiger partial charge is 0.219 e. The second-order valence-electron chi connectivity index (χ2n) is 2.37. The monoisotopic (exact) mass is 160 g/mol. The lowest BCUT2D eigenvalue weighted by Crippen LogP contribution is -2.36. The van der Waals surface area contributed by atoms with Crippen molar-refractivity contribution in [2.45, 2.75) is 19.4 Å². The first-order valence-electron chi connectivity index (χ1n) is 3.80. The molecular weight excluding hydrogens is 144 g/mol. The lowest BCUT2D eigenvalue weighted by atomic mass is 10.3. The fraction of sp³-hybridized carbons (Fsp3) is 0.857. The van der Waals surface area contributed by atoms with Crippen LogP contribution in [0.4, 0.5) is 0 Å². The maximum Gasteiger partial charge on any atom is 0.219 e. The zero-order valence-electron chi connectivity index (χ0n) is 7.05. The van der Waals surface area contributed by atoms with Gasteiger partial charge in [0.1, 0.15) is 0 Å². The molecule has 4 nitrogen and oxygen atoms in total. The minimum atomic E-state index is -0.490. The topological polar surface area (TPSA) is 61.4 Å². The number of hydrogen-bond donors (Lipinski definition) is 3. The van der Waals surface area contributed by atoms with E-state index in [0.29, 0.717) is 19.5 Å². The van der Waals surface area contributed by atoms with Crippen LogP contribution >= 0.6 is 0 Å². The molecule has 0 saturated carbocycles. The summed E-state index contributed by atoms with van der Waals surface area (Å²) in [7, 11) is 1.75. The molecule has 1 amide bonds. The average Bonchev–Trinajstić information content (AvgIpc) is 2.01. The SMILES string of the molecule is CCC(=O)NCC(O)CNC. The molecule has 0 fully saturated rings. The van der Waals surface area contributed by atoms with Crippen LogP contribution in [0.2, 0.25) is 0 Å². The number of amides is 1. The standard InChI is InChI=1S/C7H16N2O2/c1-3-7(11)9-5-6(10)4-8-2/h6,8,10H,3-5H2,1-2H3,(H,9,11). The Morgan fingerprint density at radius 1 is 1.55 bits per heavy atom. The number of aliphatic hydroxyl groups is 1. The maximum atomic E-state index is 10.7. The highest BCUT2D eigenvalue weighted by atomic mass is 16.3. The van der Waals surface area contributed by atoms with Crippen LogP contribution in [-0.4, -0.2) is 37.3 Å². The summed E-state index contributed by atoms with van der Waals surface area (Å²) < 4.78 is 0. The molecule has 0 aliphatic heterocycles. The first kappa shape index (κ1) is 10.4. The second kappa shape index (κ2) is 6.12. The van der Waals surface area contributed by atoms with E-state index >= 15 is 0 Å². The number of aliphatic hydroxyl groups excluding tert-OH is 1. The van der Waals surface area contributed by atoms with Crippen molar-refractivity contribution in [2.24, 2.45) is 0 Å². The molecule has 0 heterocycles. The van der Waals surface area contributed by atoms with Crippen LogP contribution in [0.3, 0.4) is 0 Å². The Morgan fingerprint density at radius 3 is 2.64 bits per heavy atom. The normalized spacial score (nSPS) is 12.6. The van der Waals surface area contributed by atoms with E-state index in [9.17, 15) is 4.79 Å². The third kappa shape index (κ3) is 5.82. The largest absolute Gasteiger partial charge is 0.390 e. The minimum absolute atomic E-state index is 0.0276. The fourth-order valence-electron chi connectivity index (χ4n) is 0.664. The lowest BCUT2D eigenvalue weighted by molar-refractivity contribution is -0.121. The summed E-state index contributed by atoms with van der Waals surface area (Å²) in [5.41, 5.74) is 0. The number of carbonyl (C=O) groups is 1. The zero-order valence-corrected chi connectivity index (χ0v) is 7.05. The zero-order chi connectivity index (χ0) is 8.69. The molecule has 3 N–H and O–H groups in total. The van der Waals surface area contributed by atoms with Gasteiger partial charge in [0.25, 0.3) is 0 Å². The average molecular weight is 160 g/mol. The van der Waals surface area contributed by atoms with E-state index in [1.54, 1.807) is 14.0 Å². The van der Waals surface area contributed by atoms with E-state index in [1.165, 1.54) is 0 Å². The predicted octanol–water partition coefficient (Wildman–Crippen LogP) is -0.907. The summed E-state index contributed by atoms with van der Waals surface area (Å²) in [6, 6.07) is 0. The van der Waals surface area contributed by atoms with E-state index in [1.807, 2.05) is 0 Å². The Labute approximate surface area is 67.0 Å². The van der Waals surface area contributed by atoms with Gasteiger partial charge >= 0.3 is 0 Å². The van der Waals surface area contributed by atoms with Crippen molar-refractivity contribution in [3.63, 3.8) is 0 Å². The van der Waals surface area contributed by atoms with Crippen molar-refractivity contribution < 1.29 is 9.90 Å². The van der Waals surface area contributed by atoms with Crippen molar-refractivity contribution in [1.82, 2.24) is 10.6 Å². The van der Waals surface area contributed by atoms with Crippen molar-refractivity contribution in [1.29, 1.82) is 0 Å². The van der Waals surface area contributed by atoms with E-state index in [-0.39, 0.29) is 5.91 Å². The highest BCUT2D eigenvalue weighted by molar-refractivity contribution is 5.75. The van der Waals surface area contributed by atoms with Crippen LogP contribution in [0.5, 0.6) is 0 Å². The van der Waals surface area contributed by atoms with Crippen LogP contribution < -0.4 is 10.6 Å². The van der Waals surface area contributed by atoms with Gasteiger partial charge in [0, 0.05) is 19.5 Å². The van der Waals surface area contributed by atoms with Gasteiger partial charge in [-0.25, -0.2) is 0 Å². The Kier molecular flexibility index (Phi) is 5.78. The highest BCUT2D eigenvalue weighted by Gasteiger charge is 2.03. The van der Waals surface area contributed by atoms with Gasteiger partial charge in [-0.05, 0) is 7.05 Å². The van der Waals surface area contributed by atoms with Crippen LogP contribution in [0.25, 0.3) is 0 Å². The highest BCUT2D eigenvalue weighted by Crippen LogP contribution is 1.79. The third-order valence-corrected chi connectivity index (χ3v) is 1.30. The summed E-state index contributed by atoms with van der Waals surface area (Å²) in [6.07, 6.45) is -0.0257. The molecule has 0 spiro atoms. The van der Waals surface area contributed by atoms with Crippen LogP contribution in [0.15, 0.2) is 0 Å². The molecule has 0 aliphatic rings. The predicted molar refractivity (Wildman–Crippen MR) is 43.2 cm³/mol. The number of likely N-dealkylation sites (N-methyl/N-ethyl adjacent to an activating group) is 1. The van der Waals surface area contributed by atoms with Gasteiger partial charge in [-0.2, -0.15) is 0 Å². The van der Waals surface area contributed by atoms with Crippen molar-refractivity contribution >= 4 is 5.91 Å². The molecule has 0 aromatic rings. The maximum absolute atomic E-state index is 10.7. The van der Waals surface area contributed by atoms with Crippen molar-refractivity contribution in [2.75, 3.05) is 20.1 Å². The van der Waals surface area contributed by atoms with Gasteiger partial charge < -0.3 is 15.7 Å². The summed E-state index contributed by atoms with van der Waals surface area (Å²) in [5.74, 6) is -0.0276. The summed E-state index contributed by atoms with van der Waals surface area (Å²) in [4.78, 5) is 10.7. The van der Waals surface area contributed by atoms with E-state index in [2.05, 4.69) is 10.6 Å². The molecule has 4 heteroatoms. The van der Waals surface area contributed by atoms with Gasteiger partial charge in [-0.15, -0.1) is 0 Å². The van der Waals surface area contributed by atoms with E-state index in [4.69, 9.17) is 5.11 Å². The summed E-state index contributed by atoms with van der Waals surface area (Å²) in [6.45, 7) is 2.61. The number of hydrogen-bond acceptors (Lipinski definition) is 3. The summed E-state index contributed by atoms with van der Waals surface area (Å²) >= 11 is 0. The quantitative estimate of drug-likeness (QED) is 0.488. The molecule has 1 atom stereocenters. The van der Waals surface area contributed by atoms with Crippen LogP contribution in [-0.2, 0) is 4.79 Å². The van der Waals surface area contributed by atoms with Gasteiger partial charge in [0.05, 0.1) is 6.10 Å². The van der Waals surface area contributed by atoms with Gasteiger partial charge in [0.15, 0.2) is 0 Å². The number of nitrogens with one attached hydrogen (secondary N) is 2. The van der Waals surface area contributed by atoms with Gasteiger partial charge in [-0.3, -0.25) is 4.79 Å². The lowest BCUT2D eigenvalue weighted by Gasteiger charge is -2.09. The molecule has 0 rings (SSSR count). The van der Waals surface area contributed by atoms with Crippen LogP contribution in [0, 0.1) is 0 Å². The Morgan fingerprint density at radius 2 is 2.18 bits per heavy atom. The first-order valence-corrected chi connectivity index (χ1v) is 3.80. The molecule has 11 heavy (non-hydrogen) atoms. The van der Waals surface area contributed by atoms with Crippen molar-refractivity contribution in [3.05, 3.63) is 0 Å². The summed E-state index contributed by atoms with van der Waals surface area (Å²) in [5, 5.41) is 14.5. The second-order valence-corrected chi connectivity index (χ2v) is 2.37. The Hall–Kier alpha value is -0.610.